The fraction of sp³-hybridized carbons (Fsp3) is 0.100. The summed E-state index contributed by atoms with van der Waals surface area (Å²) in [6.45, 7) is 3.93. The highest BCUT2D eigenvalue weighted by atomic mass is 16.5. The molecule has 0 bridgehead atoms. The number of carbonyl (C=O) groups excluding carboxylic acids is 1. The topological polar surface area (TPSA) is 51.2 Å². The van der Waals surface area contributed by atoms with Gasteiger partial charge in [0.2, 0.25) is 5.88 Å². The maximum atomic E-state index is 12.3. The molecule has 3 rings (SSSR count). The average molecular weight is 318 g/mol. The van der Waals surface area contributed by atoms with Gasteiger partial charge < -0.3 is 10.1 Å². The zero-order valence-electron chi connectivity index (χ0n) is 13.6. The lowest BCUT2D eigenvalue weighted by molar-refractivity contribution is 0.102. The first-order valence-electron chi connectivity index (χ1n) is 7.69. The van der Waals surface area contributed by atoms with E-state index in [-0.39, 0.29) is 5.91 Å². The normalized spacial score (nSPS) is 10.2. The van der Waals surface area contributed by atoms with E-state index in [4.69, 9.17) is 4.74 Å². The molecule has 0 aliphatic heterocycles. The molecule has 24 heavy (non-hydrogen) atoms. The van der Waals surface area contributed by atoms with Crippen molar-refractivity contribution in [2.75, 3.05) is 5.32 Å². The summed E-state index contributed by atoms with van der Waals surface area (Å²) in [5.41, 5.74) is 3.38. The lowest BCUT2D eigenvalue weighted by atomic mass is 10.1. The third-order valence-electron chi connectivity index (χ3n) is 3.63. The Morgan fingerprint density at radius 2 is 1.71 bits per heavy atom. The summed E-state index contributed by atoms with van der Waals surface area (Å²) in [6, 6.07) is 18.7. The smallest absolute Gasteiger partial charge is 0.255 e. The van der Waals surface area contributed by atoms with Crippen LogP contribution in [0.25, 0.3) is 0 Å². The molecule has 0 unspecified atom stereocenters. The number of anilines is 1. The van der Waals surface area contributed by atoms with Crippen LogP contribution in [-0.4, -0.2) is 10.9 Å². The summed E-state index contributed by atoms with van der Waals surface area (Å²) in [4.78, 5) is 16.5. The van der Waals surface area contributed by atoms with Crippen molar-refractivity contribution in [3.05, 3.63) is 83.6 Å². The summed E-state index contributed by atoms with van der Waals surface area (Å²) in [5.74, 6) is 1.06. The second-order valence-electron chi connectivity index (χ2n) is 5.57. The van der Waals surface area contributed by atoms with Crippen LogP contribution < -0.4 is 10.1 Å². The Balaban J connectivity index is 1.67. The van der Waals surface area contributed by atoms with Crippen LogP contribution in [0.1, 0.15) is 21.5 Å². The molecule has 1 aromatic heterocycles. The number of nitrogens with zero attached hydrogens (tertiary/aromatic N) is 1. The molecule has 120 valence electrons. The molecular weight excluding hydrogens is 300 g/mol. The van der Waals surface area contributed by atoms with Gasteiger partial charge >= 0.3 is 0 Å². The van der Waals surface area contributed by atoms with E-state index >= 15 is 0 Å². The van der Waals surface area contributed by atoms with Crippen molar-refractivity contribution in [1.82, 2.24) is 4.98 Å². The van der Waals surface area contributed by atoms with Crippen molar-refractivity contribution in [3.8, 4) is 11.6 Å². The number of aryl methyl sites for hydroxylation is 2. The van der Waals surface area contributed by atoms with Crippen LogP contribution in [0, 0.1) is 13.8 Å². The first-order chi connectivity index (χ1) is 11.6. The van der Waals surface area contributed by atoms with Gasteiger partial charge in [-0.15, -0.1) is 0 Å². The summed E-state index contributed by atoms with van der Waals surface area (Å²) in [6.07, 6.45) is 1.58. The van der Waals surface area contributed by atoms with E-state index in [1.165, 1.54) is 5.56 Å². The van der Waals surface area contributed by atoms with Crippen molar-refractivity contribution >= 4 is 11.6 Å². The van der Waals surface area contributed by atoms with E-state index in [1.54, 1.807) is 24.4 Å². The van der Waals surface area contributed by atoms with Crippen LogP contribution in [0.4, 0.5) is 5.69 Å². The van der Waals surface area contributed by atoms with Gasteiger partial charge in [-0.3, -0.25) is 4.79 Å². The predicted molar refractivity (Wildman–Crippen MR) is 94.6 cm³/mol. The van der Waals surface area contributed by atoms with Crippen LogP contribution >= 0.6 is 0 Å². The molecule has 0 aliphatic rings. The molecule has 0 atom stereocenters. The fourth-order valence-corrected chi connectivity index (χ4v) is 2.27. The molecule has 2 aromatic carbocycles. The minimum Gasteiger partial charge on any atom is -0.439 e. The third-order valence-corrected chi connectivity index (χ3v) is 3.63. The van der Waals surface area contributed by atoms with Gasteiger partial charge in [-0.05, 0) is 43.7 Å². The summed E-state index contributed by atoms with van der Waals surface area (Å²) in [5, 5.41) is 2.84. The van der Waals surface area contributed by atoms with Crippen LogP contribution in [0.15, 0.2) is 66.9 Å². The van der Waals surface area contributed by atoms with Gasteiger partial charge in [0, 0.05) is 11.6 Å². The molecule has 4 heteroatoms. The summed E-state index contributed by atoms with van der Waals surface area (Å²) < 4.78 is 5.67. The molecule has 1 N–H and O–H groups in total. The first-order valence-corrected chi connectivity index (χ1v) is 7.69. The van der Waals surface area contributed by atoms with Gasteiger partial charge in [0.25, 0.3) is 5.91 Å². The van der Waals surface area contributed by atoms with Gasteiger partial charge in [-0.25, -0.2) is 4.98 Å². The molecule has 0 saturated heterocycles. The first kappa shape index (κ1) is 15.7. The van der Waals surface area contributed by atoms with Crippen LogP contribution in [0.2, 0.25) is 0 Å². The van der Waals surface area contributed by atoms with E-state index in [1.807, 2.05) is 56.3 Å². The molecule has 0 saturated carbocycles. The predicted octanol–water partition coefficient (Wildman–Crippen LogP) is 4.74. The largest absolute Gasteiger partial charge is 0.439 e. The Hall–Kier alpha value is -3.14. The van der Waals surface area contributed by atoms with Crippen LogP contribution in [0.5, 0.6) is 11.6 Å². The quantitative estimate of drug-likeness (QED) is 0.755. The Labute approximate surface area is 141 Å². The van der Waals surface area contributed by atoms with Gasteiger partial charge in [0.15, 0.2) is 0 Å². The number of amides is 1. The van der Waals surface area contributed by atoms with Crippen molar-refractivity contribution in [2.45, 2.75) is 13.8 Å². The van der Waals surface area contributed by atoms with Crippen molar-refractivity contribution in [3.63, 3.8) is 0 Å². The van der Waals surface area contributed by atoms with Crippen LogP contribution in [-0.2, 0) is 0 Å². The number of pyridine rings is 1. The number of hydrogen-bond acceptors (Lipinski definition) is 3. The number of nitrogens with one attached hydrogen (secondary N) is 1. The lowest BCUT2D eigenvalue weighted by Crippen LogP contribution is -2.13. The fourth-order valence-electron chi connectivity index (χ4n) is 2.27. The standard InChI is InChI=1S/C20H18N2O2/c1-14-7-10-17(11-8-14)24-19-12-9-16(13-21-19)22-20(23)18-6-4-3-5-15(18)2/h3-13H,1-2H3,(H,22,23). The Bertz CT molecular complexity index is 840. The highest BCUT2D eigenvalue weighted by Crippen LogP contribution is 2.21. The van der Waals surface area contributed by atoms with Gasteiger partial charge in [0.05, 0.1) is 11.9 Å². The highest BCUT2D eigenvalue weighted by molar-refractivity contribution is 6.05. The second-order valence-corrected chi connectivity index (χ2v) is 5.57. The maximum Gasteiger partial charge on any atom is 0.255 e. The Kier molecular flexibility index (Phi) is 4.57. The van der Waals surface area contributed by atoms with Crippen molar-refractivity contribution < 1.29 is 9.53 Å². The number of hydrogen-bond donors (Lipinski definition) is 1. The van der Waals surface area contributed by atoms with Gasteiger partial charge in [-0.2, -0.15) is 0 Å². The summed E-state index contributed by atoms with van der Waals surface area (Å²) in [7, 11) is 0. The van der Waals surface area contributed by atoms with E-state index < -0.39 is 0 Å². The van der Waals surface area contributed by atoms with Crippen molar-refractivity contribution in [2.24, 2.45) is 0 Å². The summed E-state index contributed by atoms with van der Waals surface area (Å²) >= 11 is 0. The lowest BCUT2D eigenvalue weighted by Gasteiger charge is -2.08. The van der Waals surface area contributed by atoms with Crippen molar-refractivity contribution in [1.29, 1.82) is 0 Å². The SMILES string of the molecule is Cc1ccc(Oc2ccc(NC(=O)c3ccccc3C)cn2)cc1. The number of aromatic nitrogens is 1. The van der Waals surface area contributed by atoms with E-state index in [9.17, 15) is 4.79 Å². The number of ether oxygens (including phenoxy) is 1. The number of rotatable bonds is 4. The molecule has 4 nitrogen and oxygen atoms in total. The molecule has 0 fully saturated rings. The van der Waals surface area contributed by atoms with E-state index in [0.717, 1.165) is 11.3 Å². The zero-order valence-corrected chi connectivity index (χ0v) is 13.6. The van der Waals surface area contributed by atoms with Gasteiger partial charge in [0.1, 0.15) is 5.75 Å². The Morgan fingerprint density at radius 1 is 0.958 bits per heavy atom. The van der Waals surface area contributed by atoms with Gasteiger partial charge in [-0.1, -0.05) is 35.9 Å². The maximum absolute atomic E-state index is 12.3. The monoisotopic (exact) mass is 318 g/mol. The molecule has 0 spiro atoms. The highest BCUT2D eigenvalue weighted by Gasteiger charge is 2.09. The number of carbonyl (C=O) groups is 1. The molecule has 0 radical (unpaired) electrons. The molecule has 1 heterocycles. The molecule has 1 amide bonds. The minimum atomic E-state index is -0.151. The second kappa shape index (κ2) is 6.96. The van der Waals surface area contributed by atoms with E-state index in [0.29, 0.717) is 17.1 Å². The Morgan fingerprint density at radius 3 is 2.38 bits per heavy atom. The molecular formula is C20H18N2O2. The van der Waals surface area contributed by atoms with E-state index in [2.05, 4.69) is 10.3 Å². The van der Waals surface area contributed by atoms with Crippen LogP contribution in [0.3, 0.4) is 0 Å². The number of benzene rings is 2. The molecule has 3 aromatic rings. The third kappa shape index (κ3) is 3.79. The average Bonchev–Trinajstić information content (AvgIpc) is 2.59. The molecule has 0 aliphatic carbocycles. The zero-order chi connectivity index (χ0) is 16.9. The minimum absolute atomic E-state index is 0.151.